The van der Waals surface area contributed by atoms with Crippen molar-refractivity contribution < 1.29 is 36.3 Å². The maximum absolute atomic E-state index is 13.0. The summed E-state index contributed by atoms with van der Waals surface area (Å²) in [5.74, 6) is -7.99. The van der Waals surface area contributed by atoms with E-state index in [1.54, 1.807) is 48.5 Å². The third-order valence-corrected chi connectivity index (χ3v) is 4.95. The van der Waals surface area contributed by atoms with E-state index >= 15 is 0 Å². The first-order valence-corrected chi connectivity index (χ1v) is 9.39. The maximum atomic E-state index is 13.0. The first kappa shape index (κ1) is 23.2. The maximum Gasteiger partial charge on any atom is 0.455 e. The summed E-state index contributed by atoms with van der Waals surface area (Å²) in [6, 6.07) is 12.6. The molecule has 1 aliphatic heterocycles. The SMILES string of the molecule is CN1C(=O)[C@H](NC(=O)CC(=O)NCC(F)(F)C(F)(F)F)c2ccccc2-c2ccccc21. The van der Waals surface area contributed by atoms with Gasteiger partial charge in [0, 0.05) is 12.6 Å². The minimum absolute atomic E-state index is 0.451. The van der Waals surface area contributed by atoms with Crippen molar-refractivity contribution in [2.75, 3.05) is 18.5 Å². The zero-order chi connectivity index (χ0) is 23.7. The number of nitrogens with one attached hydrogen (secondary N) is 2. The molecule has 3 amide bonds. The van der Waals surface area contributed by atoms with E-state index < -0.39 is 48.8 Å². The molecular weight excluding hydrogens is 437 g/mol. The van der Waals surface area contributed by atoms with Gasteiger partial charge in [-0.25, -0.2) is 0 Å². The van der Waals surface area contributed by atoms with Crippen molar-refractivity contribution in [3.8, 4) is 11.1 Å². The summed E-state index contributed by atoms with van der Waals surface area (Å²) < 4.78 is 62.5. The van der Waals surface area contributed by atoms with Gasteiger partial charge in [0.25, 0.3) is 5.91 Å². The summed E-state index contributed by atoms with van der Waals surface area (Å²) in [4.78, 5) is 38.5. The van der Waals surface area contributed by atoms with Crippen molar-refractivity contribution >= 4 is 23.4 Å². The van der Waals surface area contributed by atoms with Crippen LogP contribution < -0.4 is 15.5 Å². The Kier molecular flexibility index (Phi) is 6.20. The number of hydrogen-bond acceptors (Lipinski definition) is 3. The van der Waals surface area contributed by atoms with Crippen molar-refractivity contribution in [2.24, 2.45) is 0 Å². The second-order valence-corrected chi connectivity index (χ2v) is 7.16. The number of halogens is 5. The molecule has 0 aromatic heterocycles. The van der Waals surface area contributed by atoms with E-state index in [9.17, 15) is 36.3 Å². The monoisotopic (exact) mass is 455 g/mol. The second kappa shape index (κ2) is 8.56. The van der Waals surface area contributed by atoms with Gasteiger partial charge < -0.3 is 15.5 Å². The highest BCUT2D eigenvalue weighted by atomic mass is 19.4. The third kappa shape index (κ3) is 4.56. The molecule has 0 aliphatic carbocycles. The van der Waals surface area contributed by atoms with Gasteiger partial charge in [-0.15, -0.1) is 0 Å². The van der Waals surface area contributed by atoms with Crippen molar-refractivity contribution in [1.29, 1.82) is 0 Å². The summed E-state index contributed by atoms with van der Waals surface area (Å²) in [6.07, 6.45) is -6.87. The number of hydrogen-bond donors (Lipinski definition) is 2. The Labute approximate surface area is 179 Å². The van der Waals surface area contributed by atoms with Crippen molar-refractivity contribution in [2.45, 2.75) is 24.6 Å². The average molecular weight is 455 g/mol. The van der Waals surface area contributed by atoms with Crippen LogP contribution in [-0.4, -0.2) is 43.4 Å². The molecule has 0 saturated heterocycles. The minimum atomic E-state index is -5.83. The quantitative estimate of drug-likeness (QED) is 0.537. The molecular formula is C21H18F5N3O3. The Hall–Kier alpha value is -3.50. The minimum Gasteiger partial charge on any atom is -0.349 e. The molecule has 6 nitrogen and oxygen atoms in total. The summed E-state index contributed by atoms with van der Waals surface area (Å²) in [5, 5.41) is 3.79. The van der Waals surface area contributed by atoms with E-state index in [2.05, 4.69) is 5.32 Å². The lowest BCUT2D eigenvalue weighted by molar-refractivity contribution is -0.278. The number of carbonyl (C=O) groups is 3. The van der Waals surface area contributed by atoms with E-state index in [1.807, 2.05) is 0 Å². The Balaban J connectivity index is 1.76. The number of benzene rings is 2. The molecule has 1 heterocycles. The van der Waals surface area contributed by atoms with Crippen LogP contribution in [0.5, 0.6) is 0 Å². The van der Waals surface area contributed by atoms with Gasteiger partial charge in [-0.1, -0.05) is 42.5 Å². The van der Waals surface area contributed by atoms with Crippen molar-refractivity contribution in [3.63, 3.8) is 0 Å². The largest absolute Gasteiger partial charge is 0.455 e. The molecule has 2 aromatic rings. The predicted octanol–water partition coefficient (Wildman–Crippen LogP) is 3.19. The van der Waals surface area contributed by atoms with Gasteiger partial charge in [0.2, 0.25) is 11.8 Å². The van der Waals surface area contributed by atoms with Gasteiger partial charge in [0.1, 0.15) is 12.5 Å². The molecule has 0 bridgehead atoms. The zero-order valence-corrected chi connectivity index (χ0v) is 16.7. The summed E-state index contributed by atoms with van der Waals surface area (Å²) in [5.41, 5.74) is 2.45. The van der Waals surface area contributed by atoms with Crippen LogP contribution in [0.3, 0.4) is 0 Å². The van der Waals surface area contributed by atoms with Crippen molar-refractivity contribution in [1.82, 2.24) is 10.6 Å². The summed E-state index contributed by atoms with van der Waals surface area (Å²) in [7, 11) is 1.51. The fraction of sp³-hybridized carbons (Fsp3) is 0.286. The number of anilines is 1. The highest BCUT2D eigenvalue weighted by molar-refractivity contribution is 6.07. The van der Waals surface area contributed by atoms with Gasteiger partial charge in [-0.2, -0.15) is 22.0 Å². The fourth-order valence-corrected chi connectivity index (χ4v) is 3.30. The number of amides is 3. The molecule has 1 aliphatic rings. The number of alkyl halides is 5. The lowest BCUT2D eigenvalue weighted by Gasteiger charge is -2.23. The number of nitrogens with zero attached hydrogens (tertiary/aromatic N) is 1. The molecule has 3 rings (SSSR count). The van der Waals surface area contributed by atoms with E-state index in [1.165, 1.54) is 17.3 Å². The summed E-state index contributed by atoms with van der Waals surface area (Å²) in [6.45, 7) is -1.99. The first-order chi connectivity index (χ1) is 14.9. The fourth-order valence-electron chi connectivity index (χ4n) is 3.30. The highest BCUT2D eigenvalue weighted by Crippen LogP contribution is 2.39. The second-order valence-electron chi connectivity index (χ2n) is 7.16. The van der Waals surface area contributed by atoms with E-state index in [4.69, 9.17) is 0 Å². The number of fused-ring (bicyclic) bond motifs is 3. The molecule has 11 heteroatoms. The number of likely N-dealkylation sites (N-methyl/N-ethyl adjacent to an activating group) is 1. The van der Waals surface area contributed by atoms with Crippen LogP contribution in [0.1, 0.15) is 18.0 Å². The van der Waals surface area contributed by atoms with Gasteiger partial charge in [0.15, 0.2) is 0 Å². The molecule has 0 radical (unpaired) electrons. The van der Waals surface area contributed by atoms with Crippen LogP contribution in [0.15, 0.2) is 48.5 Å². The third-order valence-electron chi connectivity index (χ3n) is 4.95. The Bertz CT molecular complexity index is 1050. The number of para-hydroxylation sites is 1. The first-order valence-electron chi connectivity index (χ1n) is 9.39. The normalized spacial score (nSPS) is 16.0. The molecule has 2 aromatic carbocycles. The van der Waals surface area contributed by atoms with E-state index in [0.717, 1.165) is 5.56 Å². The van der Waals surface area contributed by atoms with Crippen LogP contribution in [0.25, 0.3) is 11.1 Å². The molecule has 0 saturated carbocycles. The molecule has 32 heavy (non-hydrogen) atoms. The standard InChI is InChI=1S/C21H18F5N3O3/c1-29-15-9-5-4-7-13(15)12-6-2-3-8-14(12)18(19(29)32)28-17(31)10-16(30)27-11-20(22,23)21(24,25)26/h2-9,18H,10-11H2,1H3,(H,27,30)(H,28,31)/t18-/m1/s1. The number of carbonyl (C=O) groups excluding carboxylic acids is 3. The van der Waals surface area contributed by atoms with Crippen molar-refractivity contribution in [3.05, 3.63) is 54.1 Å². The van der Waals surface area contributed by atoms with E-state index in [-0.39, 0.29) is 0 Å². The Morgan fingerprint density at radius 3 is 2.19 bits per heavy atom. The predicted molar refractivity (Wildman–Crippen MR) is 105 cm³/mol. The van der Waals surface area contributed by atoms with Crippen LogP contribution in [0.4, 0.5) is 27.6 Å². The molecule has 2 N–H and O–H groups in total. The Morgan fingerprint density at radius 1 is 0.938 bits per heavy atom. The van der Waals surface area contributed by atoms with Crippen LogP contribution in [-0.2, 0) is 14.4 Å². The zero-order valence-electron chi connectivity index (χ0n) is 16.7. The topological polar surface area (TPSA) is 78.5 Å². The molecule has 1 atom stereocenters. The van der Waals surface area contributed by atoms with Crippen LogP contribution >= 0.6 is 0 Å². The molecule has 170 valence electrons. The highest BCUT2D eigenvalue weighted by Gasteiger charge is 2.57. The van der Waals surface area contributed by atoms with Gasteiger partial charge >= 0.3 is 12.1 Å². The van der Waals surface area contributed by atoms with Crippen LogP contribution in [0, 0.1) is 0 Å². The van der Waals surface area contributed by atoms with Gasteiger partial charge in [-0.3, -0.25) is 14.4 Å². The molecule has 0 fully saturated rings. The lowest BCUT2D eigenvalue weighted by Crippen LogP contribution is -2.48. The van der Waals surface area contributed by atoms with Gasteiger partial charge in [-0.05, 0) is 17.2 Å². The molecule has 0 spiro atoms. The van der Waals surface area contributed by atoms with Crippen LogP contribution in [0.2, 0.25) is 0 Å². The number of rotatable bonds is 5. The lowest BCUT2D eigenvalue weighted by atomic mass is 9.95. The van der Waals surface area contributed by atoms with E-state index in [0.29, 0.717) is 16.8 Å². The van der Waals surface area contributed by atoms with Gasteiger partial charge in [0.05, 0.1) is 12.2 Å². The molecule has 0 unspecified atom stereocenters. The Morgan fingerprint density at radius 2 is 1.53 bits per heavy atom. The smallest absolute Gasteiger partial charge is 0.349 e. The average Bonchev–Trinajstić information content (AvgIpc) is 2.82. The summed E-state index contributed by atoms with van der Waals surface area (Å²) >= 11 is 0.